The standard InChI is InChI=1S/C52H40N3OS2.Pt/c1-33-34(2)55(50-40(35-16-8-6-9-17-35)23-15-24-41(50)36-18-10-7-11-19-36)32-54(33)38-20-14-21-39(29-38)56-48-31-44-47(57-48)30-43-42-22-12-13-25-46(42)58-51(43)49(44)45-28-37(26-27-53-45)52(3,4)5;/h6-28,30,32H,1-5H3;/q-3;. The summed E-state index contributed by atoms with van der Waals surface area (Å²) < 4.78 is 10.3. The van der Waals surface area contributed by atoms with Crippen molar-refractivity contribution < 1.29 is 25.8 Å². The van der Waals surface area contributed by atoms with Crippen molar-refractivity contribution in [1.29, 1.82) is 0 Å². The number of para-hydroxylation sites is 1. The van der Waals surface area contributed by atoms with Gasteiger partial charge >= 0.3 is 0 Å². The van der Waals surface area contributed by atoms with Gasteiger partial charge in [-0.25, -0.2) is 0 Å². The Hall–Kier alpha value is -5.52. The molecule has 294 valence electrons. The number of thiophene rings is 2. The van der Waals surface area contributed by atoms with Crippen LogP contribution in [0, 0.1) is 18.8 Å². The molecule has 4 nitrogen and oxygen atoms in total. The van der Waals surface area contributed by atoms with Crippen LogP contribution in [0.3, 0.4) is 0 Å². The zero-order chi connectivity index (χ0) is 39.5. The Morgan fingerprint density at radius 3 is 2.02 bits per heavy atom. The third kappa shape index (κ3) is 7.07. The molecule has 4 heterocycles. The molecule has 1 aliphatic heterocycles. The van der Waals surface area contributed by atoms with Crippen molar-refractivity contribution in [3.05, 3.63) is 181 Å². The molecule has 59 heavy (non-hydrogen) atoms. The molecule has 0 amide bonds. The van der Waals surface area contributed by atoms with Crippen molar-refractivity contribution in [1.82, 2.24) is 4.98 Å². The first-order chi connectivity index (χ1) is 28.2. The van der Waals surface area contributed by atoms with Gasteiger partial charge in [0.2, 0.25) is 0 Å². The predicted octanol–water partition coefficient (Wildman–Crippen LogP) is 15.1. The Kier molecular flexibility index (Phi) is 10.3. The molecule has 1 aliphatic rings. The van der Waals surface area contributed by atoms with Gasteiger partial charge in [0.1, 0.15) is 5.06 Å². The fourth-order valence-electron chi connectivity index (χ4n) is 7.94. The van der Waals surface area contributed by atoms with Gasteiger partial charge in [-0.3, -0.25) is 4.98 Å². The first-order valence-electron chi connectivity index (χ1n) is 19.5. The quantitative estimate of drug-likeness (QED) is 0.149. The van der Waals surface area contributed by atoms with Crippen LogP contribution in [0.15, 0.2) is 157 Å². The van der Waals surface area contributed by atoms with Gasteiger partial charge < -0.3 is 14.5 Å². The van der Waals surface area contributed by atoms with Crippen molar-refractivity contribution in [3.8, 4) is 44.3 Å². The van der Waals surface area contributed by atoms with Crippen LogP contribution in [0.2, 0.25) is 0 Å². The number of hydrogen-bond acceptors (Lipinski definition) is 6. The SMILES string of the molecule is CC1=C(C)N(c2c(-c3ccccc3)cccc2-c2ccccc2)[CH-]N1c1[c-]c(Oc2[c-]c3c(-c4cc(C(C)(C)C)ccn4)c4sc5ccccc5c4cc3s2)ccc1.[Pt]. The number of ether oxygens (including phenoxy) is 1. The Labute approximate surface area is 368 Å². The molecule has 6 aromatic carbocycles. The molecule has 0 spiro atoms. The minimum absolute atomic E-state index is 0. The summed E-state index contributed by atoms with van der Waals surface area (Å²) >= 11 is 3.43. The van der Waals surface area contributed by atoms with Crippen molar-refractivity contribution in [2.75, 3.05) is 9.80 Å². The van der Waals surface area contributed by atoms with Crippen LogP contribution >= 0.6 is 22.7 Å². The molecule has 0 radical (unpaired) electrons. The van der Waals surface area contributed by atoms with Crippen LogP contribution in [0.5, 0.6) is 10.8 Å². The Morgan fingerprint density at radius 1 is 0.644 bits per heavy atom. The summed E-state index contributed by atoms with van der Waals surface area (Å²) in [5, 5.41) is 4.21. The van der Waals surface area contributed by atoms with Crippen molar-refractivity contribution in [3.63, 3.8) is 0 Å². The van der Waals surface area contributed by atoms with E-state index in [9.17, 15) is 0 Å². The van der Waals surface area contributed by atoms with Gasteiger partial charge in [0, 0.05) is 71.6 Å². The van der Waals surface area contributed by atoms with E-state index in [1.54, 1.807) is 11.3 Å². The topological polar surface area (TPSA) is 28.6 Å². The molecule has 0 unspecified atom stereocenters. The van der Waals surface area contributed by atoms with E-state index in [2.05, 4.69) is 191 Å². The van der Waals surface area contributed by atoms with E-state index in [1.165, 1.54) is 48.0 Å². The van der Waals surface area contributed by atoms with Crippen LogP contribution in [0.25, 0.3) is 63.8 Å². The predicted molar refractivity (Wildman–Crippen MR) is 246 cm³/mol. The molecule has 0 fully saturated rings. The maximum Gasteiger partial charge on any atom is 0.107 e. The minimum atomic E-state index is -0.0102. The number of benzene rings is 6. The van der Waals surface area contributed by atoms with Crippen molar-refractivity contribution in [2.45, 2.75) is 40.0 Å². The van der Waals surface area contributed by atoms with Crippen LogP contribution < -0.4 is 14.5 Å². The molecule has 7 heteroatoms. The summed E-state index contributed by atoms with van der Waals surface area (Å²) in [6, 6.07) is 56.6. The first-order valence-corrected chi connectivity index (χ1v) is 21.2. The number of nitrogens with zero attached hydrogens (tertiary/aromatic N) is 3. The van der Waals surface area contributed by atoms with E-state index in [4.69, 9.17) is 9.72 Å². The second-order valence-corrected chi connectivity index (χ2v) is 17.8. The molecule has 0 saturated carbocycles. The van der Waals surface area contributed by atoms with Crippen molar-refractivity contribution in [2.24, 2.45) is 0 Å². The monoisotopic (exact) mass is 981 g/mol. The first kappa shape index (κ1) is 39.0. The minimum Gasteiger partial charge on any atom is -0.497 e. The summed E-state index contributed by atoms with van der Waals surface area (Å²) in [6.07, 6.45) is 1.94. The summed E-state index contributed by atoms with van der Waals surface area (Å²) in [5.74, 6) is 0.633. The van der Waals surface area contributed by atoms with E-state index >= 15 is 0 Å². The fourth-order valence-corrected chi connectivity index (χ4v) is 10.1. The molecule has 0 aliphatic carbocycles. The van der Waals surface area contributed by atoms with E-state index in [1.807, 2.05) is 29.7 Å². The van der Waals surface area contributed by atoms with Crippen LogP contribution in [0.1, 0.15) is 40.2 Å². The van der Waals surface area contributed by atoms with Gasteiger partial charge in [0.15, 0.2) is 0 Å². The van der Waals surface area contributed by atoms with E-state index in [0.29, 0.717) is 10.8 Å². The maximum absolute atomic E-state index is 6.67. The zero-order valence-electron chi connectivity index (χ0n) is 33.3. The van der Waals surface area contributed by atoms with Gasteiger partial charge in [-0.1, -0.05) is 134 Å². The molecule has 0 saturated heterocycles. The summed E-state index contributed by atoms with van der Waals surface area (Å²) in [7, 11) is 0. The molecule has 0 N–H and O–H groups in total. The number of anilines is 2. The number of hydrogen-bond donors (Lipinski definition) is 0. The fraction of sp³-hybridized carbons (Fsp3) is 0.115. The van der Waals surface area contributed by atoms with E-state index in [0.717, 1.165) is 44.1 Å². The Balaban J connectivity index is 0.00000449. The van der Waals surface area contributed by atoms with Crippen LogP contribution in [0.4, 0.5) is 11.4 Å². The van der Waals surface area contributed by atoms with Crippen LogP contribution in [-0.4, -0.2) is 4.98 Å². The molecular formula is C52H40N3OPtS2-3. The molecule has 9 aromatic rings. The second kappa shape index (κ2) is 15.6. The molecule has 0 bridgehead atoms. The van der Waals surface area contributed by atoms with Gasteiger partial charge in [0.25, 0.3) is 0 Å². The van der Waals surface area contributed by atoms with Gasteiger partial charge in [-0.05, 0) is 69.6 Å². The third-order valence-electron chi connectivity index (χ3n) is 11.1. The molecule has 10 rings (SSSR count). The summed E-state index contributed by atoms with van der Waals surface area (Å²) in [5.41, 5.74) is 12.3. The smallest absolute Gasteiger partial charge is 0.107 e. The van der Waals surface area contributed by atoms with Gasteiger partial charge in [0.05, 0.1) is 0 Å². The van der Waals surface area contributed by atoms with E-state index in [-0.39, 0.29) is 26.5 Å². The number of aromatic nitrogens is 1. The average molecular weight is 982 g/mol. The zero-order valence-corrected chi connectivity index (χ0v) is 37.2. The summed E-state index contributed by atoms with van der Waals surface area (Å²) in [4.78, 5) is 9.48. The average Bonchev–Trinajstić information content (AvgIpc) is 3.92. The second-order valence-electron chi connectivity index (χ2n) is 15.8. The maximum atomic E-state index is 6.67. The molecule has 0 atom stereocenters. The van der Waals surface area contributed by atoms with Gasteiger partial charge in [-0.15, -0.1) is 48.0 Å². The number of fused-ring (bicyclic) bond motifs is 4. The normalized spacial score (nSPS) is 13.2. The Bertz CT molecular complexity index is 2980. The van der Waals surface area contributed by atoms with Crippen LogP contribution in [-0.2, 0) is 26.5 Å². The number of allylic oxidation sites excluding steroid dienone is 2. The van der Waals surface area contributed by atoms with E-state index < -0.39 is 0 Å². The molecule has 3 aromatic heterocycles. The van der Waals surface area contributed by atoms with Crippen molar-refractivity contribution >= 4 is 64.3 Å². The largest absolute Gasteiger partial charge is 0.497 e. The van der Waals surface area contributed by atoms with Gasteiger partial charge in [-0.2, -0.15) is 22.8 Å². The Morgan fingerprint density at radius 2 is 1.31 bits per heavy atom. The number of rotatable bonds is 7. The number of pyridine rings is 1. The molecular weight excluding hydrogens is 942 g/mol. The summed E-state index contributed by atoms with van der Waals surface area (Å²) in [6.45, 7) is 13.3. The third-order valence-corrected chi connectivity index (χ3v) is 13.2.